The van der Waals surface area contributed by atoms with E-state index < -0.39 is 18.2 Å². The Morgan fingerprint density at radius 2 is 2.17 bits per heavy atom. The summed E-state index contributed by atoms with van der Waals surface area (Å²) >= 11 is 0. The summed E-state index contributed by atoms with van der Waals surface area (Å²) in [6.45, 7) is 0.123. The minimum atomic E-state index is -0.821. The van der Waals surface area contributed by atoms with Gasteiger partial charge in [0.1, 0.15) is 18.7 Å². The highest BCUT2D eigenvalue weighted by atomic mass is 16.5. The Labute approximate surface area is 104 Å². The Morgan fingerprint density at radius 3 is 2.78 bits per heavy atom. The average Bonchev–Trinajstić information content (AvgIpc) is 2.41. The Kier molecular flexibility index (Phi) is 3.44. The van der Waals surface area contributed by atoms with Crippen molar-refractivity contribution in [1.82, 2.24) is 10.6 Å². The Morgan fingerprint density at radius 1 is 1.44 bits per heavy atom. The summed E-state index contributed by atoms with van der Waals surface area (Å²) in [5.74, 6) is -0.377. The van der Waals surface area contributed by atoms with Crippen molar-refractivity contribution >= 4 is 12.0 Å². The Bertz CT molecular complexity index is 495. The van der Waals surface area contributed by atoms with Crippen LogP contribution in [0.3, 0.4) is 0 Å². The minimum Gasteiger partial charge on any atom is -0.445 e. The lowest BCUT2D eigenvalue weighted by molar-refractivity contribution is -0.130. The van der Waals surface area contributed by atoms with Crippen LogP contribution in [0.25, 0.3) is 0 Å². The van der Waals surface area contributed by atoms with Gasteiger partial charge in [-0.05, 0) is 5.56 Å². The fraction of sp³-hybridized carbons (Fsp3) is 0.250. The summed E-state index contributed by atoms with van der Waals surface area (Å²) in [6, 6.07) is 9.53. The van der Waals surface area contributed by atoms with Crippen molar-refractivity contribution in [2.75, 3.05) is 0 Å². The van der Waals surface area contributed by atoms with E-state index in [1.807, 2.05) is 36.4 Å². The van der Waals surface area contributed by atoms with Crippen LogP contribution in [-0.4, -0.2) is 24.1 Å². The summed E-state index contributed by atoms with van der Waals surface area (Å²) in [6.07, 6.45) is -0.709. The van der Waals surface area contributed by atoms with Crippen LogP contribution in [-0.2, 0) is 16.1 Å². The molecule has 1 aromatic carbocycles. The molecule has 2 rings (SSSR count). The number of ether oxygens (including phenoxy) is 1. The molecule has 2 atom stereocenters. The number of carbonyl (C=O) groups is 2. The van der Waals surface area contributed by atoms with Gasteiger partial charge in [-0.15, -0.1) is 0 Å². The van der Waals surface area contributed by atoms with Crippen molar-refractivity contribution in [2.24, 2.45) is 0 Å². The predicted molar refractivity (Wildman–Crippen MR) is 61.1 cm³/mol. The Hall–Kier alpha value is -2.55. The maximum Gasteiger partial charge on any atom is 0.408 e. The van der Waals surface area contributed by atoms with Gasteiger partial charge in [0.25, 0.3) is 0 Å². The van der Waals surface area contributed by atoms with Crippen LogP contribution in [0.1, 0.15) is 5.56 Å². The molecule has 92 valence electrons. The zero-order valence-corrected chi connectivity index (χ0v) is 9.42. The van der Waals surface area contributed by atoms with Gasteiger partial charge in [0.15, 0.2) is 0 Å². The quantitative estimate of drug-likeness (QED) is 0.749. The number of amides is 2. The first-order valence-corrected chi connectivity index (χ1v) is 5.38. The number of carbonyl (C=O) groups excluding carboxylic acids is 2. The van der Waals surface area contributed by atoms with Crippen LogP contribution in [0.5, 0.6) is 0 Å². The number of hydrogen-bond acceptors (Lipinski definition) is 4. The fourth-order valence-electron chi connectivity index (χ4n) is 1.53. The number of alkyl carbamates (subject to hydrolysis) is 1. The first-order valence-electron chi connectivity index (χ1n) is 5.38. The Balaban J connectivity index is 1.79. The molecule has 0 aliphatic carbocycles. The summed E-state index contributed by atoms with van der Waals surface area (Å²) in [5, 5.41) is 13.3. The maximum atomic E-state index is 11.4. The van der Waals surface area contributed by atoms with E-state index in [2.05, 4.69) is 10.6 Å². The van der Waals surface area contributed by atoms with E-state index in [1.165, 1.54) is 0 Å². The lowest BCUT2D eigenvalue weighted by atomic mass is 10.0. The molecule has 1 aliphatic heterocycles. The summed E-state index contributed by atoms with van der Waals surface area (Å²) in [7, 11) is 0. The van der Waals surface area contributed by atoms with Gasteiger partial charge < -0.3 is 15.4 Å². The van der Waals surface area contributed by atoms with Gasteiger partial charge in [0, 0.05) is 0 Å². The predicted octanol–water partition coefficient (Wildman–Crippen LogP) is 0.303. The van der Waals surface area contributed by atoms with Gasteiger partial charge in [0.05, 0.1) is 6.07 Å². The van der Waals surface area contributed by atoms with E-state index >= 15 is 0 Å². The largest absolute Gasteiger partial charge is 0.445 e. The molecule has 2 amide bonds. The molecule has 0 aromatic heterocycles. The van der Waals surface area contributed by atoms with Gasteiger partial charge in [-0.1, -0.05) is 30.3 Å². The van der Waals surface area contributed by atoms with E-state index in [0.29, 0.717) is 0 Å². The molecule has 1 saturated heterocycles. The number of nitriles is 1. The van der Waals surface area contributed by atoms with Crippen molar-refractivity contribution in [3.8, 4) is 6.07 Å². The van der Waals surface area contributed by atoms with Gasteiger partial charge in [-0.3, -0.25) is 4.79 Å². The molecule has 0 unspecified atom stereocenters. The minimum absolute atomic E-state index is 0.123. The van der Waals surface area contributed by atoms with Gasteiger partial charge in [0.2, 0.25) is 5.91 Å². The molecule has 18 heavy (non-hydrogen) atoms. The number of β-lactam (4-membered cyclic amide) rings is 1. The maximum absolute atomic E-state index is 11.4. The van der Waals surface area contributed by atoms with E-state index in [1.54, 1.807) is 0 Å². The first-order chi connectivity index (χ1) is 8.70. The number of rotatable bonds is 3. The zero-order valence-electron chi connectivity index (χ0n) is 9.42. The van der Waals surface area contributed by atoms with E-state index in [-0.39, 0.29) is 12.5 Å². The fourth-order valence-corrected chi connectivity index (χ4v) is 1.53. The van der Waals surface area contributed by atoms with Crippen LogP contribution < -0.4 is 10.6 Å². The summed E-state index contributed by atoms with van der Waals surface area (Å²) in [4.78, 5) is 22.5. The lowest BCUT2D eigenvalue weighted by Crippen LogP contribution is -2.68. The number of nitrogens with zero attached hydrogens (tertiary/aromatic N) is 1. The van der Waals surface area contributed by atoms with Crippen molar-refractivity contribution < 1.29 is 14.3 Å². The van der Waals surface area contributed by atoms with Crippen LogP contribution in [0, 0.1) is 11.3 Å². The highest BCUT2D eigenvalue weighted by Crippen LogP contribution is 2.06. The number of nitrogens with one attached hydrogen (secondary N) is 2. The second-order valence-corrected chi connectivity index (χ2v) is 3.80. The normalized spacial score (nSPS) is 21.2. The standard InChI is InChI=1S/C12H11N3O3/c13-6-9-10(11(16)14-9)15-12(17)18-7-8-4-2-1-3-5-8/h1-5,9-10H,7H2,(H,14,16)(H,15,17)/t9-,10+/m1/s1. The lowest BCUT2D eigenvalue weighted by Gasteiger charge is -2.31. The SMILES string of the molecule is N#C[C@H]1NC(=O)[C@H]1NC(=O)OCc1ccccc1. The average molecular weight is 245 g/mol. The van der Waals surface area contributed by atoms with Gasteiger partial charge >= 0.3 is 6.09 Å². The van der Waals surface area contributed by atoms with Crippen molar-refractivity contribution in [2.45, 2.75) is 18.7 Å². The highest BCUT2D eigenvalue weighted by molar-refractivity contribution is 5.93. The number of benzene rings is 1. The molecular formula is C12H11N3O3. The van der Waals surface area contributed by atoms with Crippen LogP contribution in [0.2, 0.25) is 0 Å². The van der Waals surface area contributed by atoms with E-state index in [0.717, 1.165) is 5.56 Å². The molecule has 2 N–H and O–H groups in total. The van der Waals surface area contributed by atoms with Crippen LogP contribution in [0.4, 0.5) is 4.79 Å². The molecule has 1 heterocycles. The van der Waals surface area contributed by atoms with Crippen LogP contribution >= 0.6 is 0 Å². The molecule has 1 aromatic rings. The molecular weight excluding hydrogens is 234 g/mol. The smallest absolute Gasteiger partial charge is 0.408 e. The third-order valence-corrected chi connectivity index (χ3v) is 2.54. The zero-order chi connectivity index (χ0) is 13.0. The molecule has 0 spiro atoms. The van der Waals surface area contributed by atoms with E-state index in [4.69, 9.17) is 10.00 Å². The number of hydrogen-bond donors (Lipinski definition) is 2. The molecule has 0 saturated carbocycles. The molecule has 1 fully saturated rings. The third-order valence-electron chi connectivity index (χ3n) is 2.54. The molecule has 6 heteroatoms. The monoisotopic (exact) mass is 245 g/mol. The van der Waals surface area contributed by atoms with Gasteiger partial charge in [-0.25, -0.2) is 4.79 Å². The van der Waals surface area contributed by atoms with Gasteiger partial charge in [-0.2, -0.15) is 5.26 Å². The summed E-state index contributed by atoms with van der Waals surface area (Å²) in [5.41, 5.74) is 0.850. The molecule has 0 bridgehead atoms. The first kappa shape index (κ1) is 11.9. The second kappa shape index (κ2) is 5.19. The second-order valence-electron chi connectivity index (χ2n) is 3.80. The molecule has 6 nitrogen and oxygen atoms in total. The molecule has 0 radical (unpaired) electrons. The third kappa shape index (κ3) is 2.58. The molecule has 1 aliphatic rings. The van der Waals surface area contributed by atoms with Crippen molar-refractivity contribution in [3.63, 3.8) is 0 Å². The van der Waals surface area contributed by atoms with Crippen LogP contribution in [0.15, 0.2) is 30.3 Å². The highest BCUT2D eigenvalue weighted by Gasteiger charge is 2.40. The summed E-state index contributed by atoms with van der Waals surface area (Å²) < 4.78 is 4.94. The van der Waals surface area contributed by atoms with Crippen molar-refractivity contribution in [1.29, 1.82) is 5.26 Å². The topological polar surface area (TPSA) is 91.2 Å². The van der Waals surface area contributed by atoms with Crippen molar-refractivity contribution in [3.05, 3.63) is 35.9 Å². The van der Waals surface area contributed by atoms with E-state index in [9.17, 15) is 9.59 Å².